The molecule has 8 heteroatoms. The van der Waals surface area contributed by atoms with E-state index in [4.69, 9.17) is 4.74 Å². The summed E-state index contributed by atoms with van der Waals surface area (Å²) >= 11 is 0. The second kappa shape index (κ2) is 10.4. The number of pyridine rings is 1. The van der Waals surface area contributed by atoms with E-state index in [0.717, 1.165) is 66.6 Å². The van der Waals surface area contributed by atoms with Crippen molar-refractivity contribution < 1.29 is 4.74 Å². The van der Waals surface area contributed by atoms with E-state index in [9.17, 15) is 4.79 Å². The van der Waals surface area contributed by atoms with Gasteiger partial charge in [0.25, 0.3) is 5.56 Å². The van der Waals surface area contributed by atoms with Gasteiger partial charge in [-0.25, -0.2) is 4.68 Å². The van der Waals surface area contributed by atoms with Gasteiger partial charge in [0.1, 0.15) is 0 Å². The number of nitrogens with one attached hydrogen (secondary N) is 1. The summed E-state index contributed by atoms with van der Waals surface area (Å²) < 4.78 is 7.79. The molecule has 1 aliphatic heterocycles. The summed E-state index contributed by atoms with van der Waals surface area (Å²) in [4.78, 5) is 18.7. The summed E-state index contributed by atoms with van der Waals surface area (Å²) in [7, 11) is 0. The minimum absolute atomic E-state index is 0.00675. The van der Waals surface area contributed by atoms with Crippen molar-refractivity contribution in [2.24, 2.45) is 0 Å². The van der Waals surface area contributed by atoms with Crippen molar-refractivity contribution in [1.82, 2.24) is 30.1 Å². The van der Waals surface area contributed by atoms with Gasteiger partial charge in [0, 0.05) is 30.3 Å². The average molecular weight is 465 g/mol. The first-order valence-electron chi connectivity index (χ1n) is 12.9. The zero-order chi connectivity index (χ0) is 23.5. The number of fused-ring (bicyclic) bond motifs is 1. The van der Waals surface area contributed by atoms with E-state index in [0.29, 0.717) is 19.1 Å². The fourth-order valence-electron chi connectivity index (χ4n) is 5.71. The zero-order valence-electron chi connectivity index (χ0n) is 20.4. The Bertz CT molecular complexity index is 1160. The van der Waals surface area contributed by atoms with Gasteiger partial charge in [-0.3, -0.25) is 9.69 Å². The van der Waals surface area contributed by atoms with Crippen molar-refractivity contribution >= 4 is 10.9 Å². The molecule has 3 heterocycles. The highest BCUT2D eigenvalue weighted by Crippen LogP contribution is 2.33. The van der Waals surface area contributed by atoms with Gasteiger partial charge in [-0.05, 0) is 72.5 Å². The van der Waals surface area contributed by atoms with Gasteiger partial charge in [-0.15, -0.1) is 5.10 Å². The predicted octanol–water partition coefficient (Wildman–Crippen LogP) is 4.29. The lowest BCUT2D eigenvalue weighted by Crippen LogP contribution is -2.41. The van der Waals surface area contributed by atoms with Crippen LogP contribution in [0.2, 0.25) is 0 Å². The molecule has 0 unspecified atom stereocenters. The van der Waals surface area contributed by atoms with Crippen LogP contribution in [0.4, 0.5) is 0 Å². The van der Waals surface area contributed by atoms with Gasteiger partial charge >= 0.3 is 0 Å². The van der Waals surface area contributed by atoms with Crippen molar-refractivity contribution in [2.45, 2.75) is 96.5 Å². The highest BCUT2D eigenvalue weighted by molar-refractivity contribution is 5.79. The van der Waals surface area contributed by atoms with Gasteiger partial charge in [-0.1, -0.05) is 38.3 Å². The number of rotatable bonds is 8. The third kappa shape index (κ3) is 4.93. The molecule has 0 radical (unpaired) electrons. The summed E-state index contributed by atoms with van der Waals surface area (Å²) in [5.41, 5.74) is 2.83. The van der Waals surface area contributed by atoms with Crippen molar-refractivity contribution in [3.63, 3.8) is 0 Å². The predicted molar refractivity (Wildman–Crippen MR) is 132 cm³/mol. The first-order chi connectivity index (χ1) is 16.6. The largest absolute Gasteiger partial charge is 0.376 e. The number of tetrazole rings is 1. The smallest absolute Gasteiger partial charge is 0.252 e. The lowest BCUT2D eigenvalue weighted by atomic mass is 9.92. The number of nitrogens with zero attached hydrogens (tertiary/aromatic N) is 5. The Morgan fingerprint density at radius 2 is 2.03 bits per heavy atom. The molecule has 1 saturated heterocycles. The molecule has 1 N–H and O–H groups in total. The zero-order valence-corrected chi connectivity index (χ0v) is 20.4. The van der Waals surface area contributed by atoms with E-state index in [1.54, 1.807) is 0 Å². The minimum Gasteiger partial charge on any atom is -0.376 e. The Kier molecular flexibility index (Phi) is 7.06. The number of ether oxygens (including phenoxy) is 1. The maximum Gasteiger partial charge on any atom is 0.252 e. The van der Waals surface area contributed by atoms with Crippen LogP contribution >= 0.6 is 0 Å². The molecule has 2 aliphatic rings. The summed E-state index contributed by atoms with van der Waals surface area (Å²) in [6.07, 6.45) is 9.24. The van der Waals surface area contributed by atoms with E-state index in [-0.39, 0.29) is 17.7 Å². The molecule has 2 aromatic heterocycles. The summed E-state index contributed by atoms with van der Waals surface area (Å²) in [6, 6.07) is 8.75. The highest BCUT2D eigenvalue weighted by atomic mass is 16.5. The third-order valence-corrected chi connectivity index (χ3v) is 7.52. The van der Waals surface area contributed by atoms with Gasteiger partial charge < -0.3 is 9.72 Å². The quantitative estimate of drug-likeness (QED) is 0.535. The first-order valence-corrected chi connectivity index (χ1v) is 12.9. The Morgan fingerprint density at radius 1 is 1.18 bits per heavy atom. The van der Waals surface area contributed by atoms with Crippen LogP contribution in [-0.2, 0) is 17.8 Å². The number of hydrogen-bond donors (Lipinski definition) is 1. The average Bonchev–Trinajstić information content (AvgIpc) is 3.53. The Morgan fingerprint density at radius 3 is 2.79 bits per heavy atom. The lowest BCUT2D eigenvalue weighted by molar-refractivity contribution is 0.0734. The summed E-state index contributed by atoms with van der Waals surface area (Å²) in [5.74, 6) is 0.886. The Hall–Kier alpha value is -2.58. The normalized spacial score (nSPS) is 20.4. The van der Waals surface area contributed by atoms with E-state index in [1.165, 1.54) is 19.3 Å². The van der Waals surface area contributed by atoms with Crippen LogP contribution in [0.5, 0.6) is 0 Å². The molecule has 1 aliphatic carbocycles. The van der Waals surface area contributed by atoms with E-state index in [2.05, 4.69) is 50.5 Å². The molecule has 8 nitrogen and oxygen atoms in total. The molecule has 0 bridgehead atoms. The van der Waals surface area contributed by atoms with Crippen LogP contribution in [-0.4, -0.2) is 48.8 Å². The van der Waals surface area contributed by atoms with Gasteiger partial charge in [-0.2, -0.15) is 0 Å². The molecule has 0 amide bonds. The second-order valence-electron chi connectivity index (χ2n) is 9.96. The van der Waals surface area contributed by atoms with Crippen LogP contribution in [0, 0.1) is 6.92 Å². The minimum atomic E-state index is -0.00675. The number of benzene rings is 1. The van der Waals surface area contributed by atoms with Crippen LogP contribution in [0.25, 0.3) is 10.9 Å². The molecule has 1 aromatic carbocycles. The molecular weight excluding hydrogens is 428 g/mol. The number of aryl methyl sites for hydroxylation is 1. The van der Waals surface area contributed by atoms with Crippen LogP contribution < -0.4 is 5.56 Å². The third-order valence-electron chi connectivity index (χ3n) is 7.52. The van der Waals surface area contributed by atoms with E-state index in [1.807, 2.05) is 17.7 Å². The maximum atomic E-state index is 13.1. The monoisotopic (exact) mass is 464 g/mol. The SMILES string of the molecule is CC[C@@H](c1nnnn1C[C@H]1CCCO1)N(Cc1cc2ccc(C)cc2[nH]c1=O)C1CCCCC1. The van der Waals surface area contributed by atoms with Crippen LogP contribution in [0.1, 0.15) is 81.3 Å². The van der Waals surface area contributed by atoms with Crippen LogP contribution in [0.3, 0.4) is 0 Å². The first kappa shape index (κ1) is 23.2. The standard InChI is InChI=1S/C26H36N6O2/c1-3-24(25-28-29-30-32(25)17-22-10-7-13-34-22)31(21-8-5-4-6-9-21)16-20-15-19-12-11-18(2)14-23(19)27-26(20)33/h11-12,14-15,21-22,24H,3-10,13,16-17H2,1-2H3,(H,27,33)/t22-,24+/m1/s1. The van der Waals surface area contributed by atoms with Gasteiger partial charge in [0.15, 0.2) is 5.82 Å². The maximum absolute atomic E-state index is 13.1. The van der Waals surface area contributed by atoms with E-state index >= 15 is 0 Å². The molecule has 0 spiro atoms. The van der Waals surface area contributed by atoms with Gasteiger partial charge in [0.05, 0.1) is 18.7 Å². The van der Waals surface area contributed by atoms with E-state index < -0.39 is 0 Å². The van der Waals surface area contributed by atoms with Gasteiger partial charge in [0.2, 0.25) is 0 Å². The summed E-state index contributed by atoms with van der Waals surface area (Å²) in [6.45, 7) is 6.34. The molecule has 3 aromatic rings. The molecule has 1 saturated carbocycles. The fourth-order valence-corrected chi connectivity index (χ4v) is 5.71. The van der Waals surface area contributed by atoms with Crippen molar-refractivity contribution in [3.05, 3.63) is 51.6 Å². The molecule has 34 heavy (non-hydrogen) atoms. The van der Waals surface area contributed by atoms with Crippen LogP contribution in [0.15, 0.2) is 29.1 Å². The molecule has 2 fully saturated rings. The highest BCUT2D eigenvalue weighted by Gasteiger charge is 2.32. The number of aromatic amines is 1. The van der Waals surface area contributed by atoms with Crippen molar-refractivity contribution in [2.75, 3.05) is 6.61 Å². The topological polar surface area (TPSA) is 88.9 Å². The molecule has 182 valence electrons. The summed E-state index contributed by atoms with van der Waals surface area (Å²) in [5, 5.41) is 13.9. The molecule has 5 rings (SSSR count). The Balaban J connectivity index is 1.48. The lowest BCUT2D eigenvalue weighted by Gasteiger charge is -2.39. The Labute approximate surface area is 200 Å². The second-order valence-corrected chi connectivity index (χ2v) is 9.96. The molecule has 2 atom stereocenters. The number of hydrogen-bond acceptors (Lipinski definition) is 6. The molecular formula is C26H36N6O2. The van der Waals surface area contributed by atoms with Crippen molar-refractivity contribution in [3.8, 4) is 0 Å². The number of aromatic nitrogens is 5. The van der Waals surface area contributed by atoms with Crippen molar-refractivity contribution in [1.29, 1.82) is 0 Å². The fraction of sp³-hybridized carbons (Fsp3) is 0.615. The number of H-pyrrole nitrogens is 1.